The van der Waals surface area contributed by atoms with E-state index in [0.717, 1.165) is 31.5 Å². The number of nitrogens with zero attached hydrogens (tertiary/aromatic N) is 1. The second-order valence-corrected chi connectivity index (χ2v) is 5.02. The summed E-state index contributed by atoms with van der Waals surface area (Å²) in [7, 11) is 0. The predicted molar refractivity (Wildman–Crippen MR) is 71.7 cm³/mol. The number of halogens is 1. The van der Waals surface area contributed by atoms with E-state index in [1.54, 1.807) is 12.1 Å². The van der Waals surface area contributed by atoms with E-state index < -0.39 is 0 Å². The molecule has 1 amide bonds. The fourth-order valence-corrected chi connectivity index (χ4v) is 2.68. The minimum atomic E-state index is -0.244. The summed E-state index contributed by atoms with van der Waals surface area (Å²) in [6.07, 6.45) is 1.54. The SMILES string of the molecule is NCC(c1ccc(F)cc1)N1CCC(C(N)=O)CC1. The predicted octanol–water partition coefficient (Wildman–Crippen LogP) is 1.02. The molecule has 1 atom stereocenters. The monoisotopic (exact) mass is 265 g/mol. The molecule has 1 fully saturated rings. The zero-order valence-electron chi connectivity index (χ0n) is 10.9. The van der Waals surface area contributed by atoms with Gasteiger partial charge in [-0.3, -0.25) is 9.69 Å². The molecule has 19 heavy (non-hydrogen) atoms. The minimum Gasteiger partial charge on any atom is -0.369 e. The molecule has 1 aliphatic heterocycles. The summed E-state index contributed by atoms with van der Waals surface area (Å²) < 4.78 is 12.9. The molecular weight excluding hydrogens is 245 g/mol. The first kappa shape index (κ1) is 14.0. The molecule has 4 nitrogen and oxygen atoms in total. The number of carbonyl (C=O) groups excluding carboxylic acids is 1. The molecule has 0 radical (unpaired) electrons. The maximum absolute atomic E-state index is 12.9. The van der Waals surface area contributed by atoms with E-state index in [0.29, 0.717) is 6.54 Å². The summed E-state index contributed by atoms with van der Waals surface area (Å²) in [6.45, 7) is 2.08. The number of amides is 1. The molecule has 0 saturated carbocycles. The number of hydrogen-bond donors (Lipinski definition) is 2. The molecule has 0 aliphatic carbocycles. The lowest BCUT2D eigenvalue weighted by atomic mass is 9.94. The Morgan fingerprint density at radius 1 is 1.32 bits per heavy atom. The van der Waals surface area contributed by atoms with Gasteiger partial charge in [0.15, 0.2) is 0 Å². The van der Waals surface area contributed by atoms with Crippen LogP contribution in [0.2, 0.25) is 0 Å². The van der Waals surface area contributed by atoms with Crippen LogP contribution in [-0.4, -0.2) is 30.4 Å². The molecule has 1 unspecified atom stereocenters. The Morgan fingerprint density at radius 2 is 1.89 bits per heavy atom. The van der Waals surface area contributed by atoms with Crippen LogP contribution in [-0.2, 0) is 4.79 Å². The summed E-state index contributed by atoms with van der Waals surface area (Å²) in [4.78, 5) is 13.4. The van der Waals surface area contributed by atoms with Gasteiger partial charge in [0.25, 0.3) is 0 Å². The average molecular weight is 265 g/mol. The van der Waals surface area contributed by atoms with E-state index in [1.165, 1.54) is 12.1 Å². The Hall–Kier alpha value is -1.46. The molecule has 2 rings (SSSR count). The summed E-state index contributed by atoms with van der Waals surface area (Å²) >= 11 is 0. The van der Waals surface area contributed by atoms with E-state index in [4.69, 9.17) is 11.5 Å². The van der Waals surface area contributed by atoms with Gasteiger partial charge in [0.2, 0.25) is 5.91 Å². The fraction of sp³-hybridized carbons (Fsp3) is 0.500. The zero-order chi connectivity index (χ0) is 13.8. The quantitative estimate of drug-likeness (QED) is 0.854. The van der Waals surface area contributed by atoms with Gasteiger partial charge in [0.05, 0.1) is 0 Å². The van der Waals surface area contributed by atoms with Gasteiger partial charge in [-0.05, 0) is 43.6 Å². The molecule has 1 aromatic carbocycles. The smallest absolute Gasteiger partial charge is 0.220 e. The van der Waals surface area contributed by atoms with Gasteiger partial charge in [0, 0.05) is 18.5 Å². The van der Waals surface area contributed by atoms with Crippen LogP contribution in [0, 0.1) is 11.7 Å². The van der Waals surface area contributed by atoms with E-state index in [9.17, 15) is 9.18 Å². The lowest BCUT2D eigenvalue weighted by Gasteiger charge is -2.36. The number of carbonyl (C=O) groups is 1. The highest BCUT2D eigenvalue weighted by molar-refractivity contribution is 5.76. The van der Waals surface area contributed by atoms with E-state index in [-0.39, 0.29) is 23.7 Å². The van der Waals surface area contributed by atoms with E-state index in [2.05, 4.69) is 4.90 Å². The second-order valence-electron chi connectivity index (χ2n) is 5.02. The number of likely N-dealkylation sites (tertiary alicyclic amines) is 1. The van der Waals surface area contributed by atoms with Crippen molar-refractivity contribution in [3.05, 3.63) is 35.6 Å². The van der Waals surface area contributed by atoms with Crippen molar-refractivity contribution in [2.45, 2.75) is 18.9 Å². The number of nitrogens with two attached hydrogens (primary N) is 2. The Bertz CT molecular complexity index is 427. The zero-order valence-corrected chi connectivity index (χ0v) is 10.9. The number of piperidine rings is 1. The van der Waals surface area contributed by atoms with Gasteiger partial charge in [-0.1, -0.05) is 12.1 Å². The Morgan fingerprint density at radius 3 is 2.37 bits per heavy atom. The molecule has 0 spiro atoms. The highest BCUT2D eigenvalue weighted by Crippen LogP contribution is 2.26. The Kier molecular flexibility index (Phi) is 4.50. The van der Waals surface area contributed by atoms with Gasteiger partial charge in [0.1, 0.15) is 5.82 Å². The van der Waals surface area contributed by atoms with Gasteiger partial charge in [-0.25, -0.2) is 4.39 Å². The molecule has 1 heterocycles. The van der Waals surface area contributed by atoms with Crippen LogP contribution in [0.3, 0.4) is 0 Å². The fourth-order valence-electron chi connectivity index (χ4n) is 2.68. The molecule has 0 aromatic heterocycles. The molecule has 1 aliphatic rings. The molecule has 104 valence electrons. The van der Waals surface area contributed by atoms with Crippen molar-refractivity contribution in [2.75, 3.05) is 19.6 Å². The first-order valence-electron chi connectivity index (χ1n) is 6.60. The second kappa shape index (κ2) is 6.12. The van der Waals surface area contributed by atoms with Crippen LogP contribution in [0.25, 0.3) is 0 Å². The summed E-state index contributed by atoms with van der Waals surface area (Å²) in [5.74, 6) is -0.486. The first-order chi connectivity index (χ1) is 9.11. The lowest BCUT2D eigenvalue weighted by molar-refractivity contribution is -0.123. The molecule has 4 N–H and O–H groups in total. The Balaban J connectivity index is 2.03. The van der Waals surface area contributed by atoms with Gasteiger partial charge < -0.3 is 11.5 Å². The third-order valence-corrected chi connectivity index (χ3v) is 3.85. The van der Waals surface area contributed by atoms with Crippen LogP contribution in [0.1, 0.15) is 24.4 Å². The molecule has 1 saturated heterocycles. The largest absolute Gasteiger partial charge is 0.369 e. The van der Waals surface area contributed by atoms with Crippen molar-refractivity contribution in [3.63, 3.8) is 0 Å². The maximum Gasteiger partial charge on any atom is 0.220 e. The summed E-state index contributed by atoms with van der Waals surface area (Å²) in [5, 5.41) is 0. The van der Waals surface area contributed by atoms with E-state index >= 15 is 0 Å². The van der Waals surface area contributed by atoms with Crippen LogP contribution < -0.4 is 11.5 Å². The average Bonchev–Trinajstić information content (AvgIpc) is 2.42. The summed E-state index contributed by atoms with van der Waals surface area (Å²) in [5.41, 5.74) is 12.2. The van der Waals surface area contributed by atoms with Gasteiger partial charge >= 0.3 is 0 Å². The van der Waals surface area contributed by atoms with E-state index in [1.807, 2.05) is 0 Å². The van der Waals surface area contributed by atoms with Crippen molar-refractivity contribution < 1.29 is 9.18 Å². The molecule has 0 bridgehead atoms. The molecule has 1 aromatic rings. The van der Waals surface area contributed by atoms with Crippen molar-refractivity contribution in [2.24, 2.45) is 17.4 Å². The van der Waals surface area contributed by atoms with Crippen LogP contribution in [0.15, 0.2) is 24.3 Å². The van der Waals surface area contributed by atoms with Crippen molar-refractivity contribution >= 4 is 5.91 Å². The number of hydrogen-bond acceptors (Lipinski definition) is 3. The highest BCUT2D eigenvalue weighted by atomic mass is 19.1. The van der Waals surface area contributed by atoms with Crippen LogP contribution >= 0.6 is 0 Å². The maximum atomic E-state index is 12.9. The minimum absolute atomic E-state index is 0.0251. The summed E-state index contributed by atoms with van der Waals surface area (Å²) in [6, 6.07) is 6.52. The van der Waals surface area contributed by atoms with Crippen LogP contribution in [0.4, 0.5) is 4.39 Å². The number of rotatable bonds is 4. The van der Waals surface area contributed by atoms with Gasteiger partial charge in [-0.2, -0.15) is 0 Å². The first-order valence-corrected chi connectivity index (χ1v) is 6.60. The highest BCUT2D eigenvalue weighted by Gasteiger charge is 2.27. The molecule has 5 heteroatoms. The normalized spacial score (nSPS) is 19.3. The molecular formula is C14H20FN3O. The Labute approximate surface area is 112 Å². The number of benzene rings is 1. The topological polar surface area (TPSA) is 72.3 Å². The standard InChI is InChI=1S/C14H20FN3O/c15-12-3-1-10(2-4-12)13(9-16)18-7-5-11(6-8-18)14(17)19/h1-4,11,13H,5-9,16H2,(H2,17,19). The van der Waals surface area contributed by atoms with Crippen molar-refractivity contribution in [1.29, 1.82) is 0 Å². The van der Waals surface area contributed by atoms with Crippen molar-refractivity contribution in [1.82, 2.24) is 4.90 Å². The number of primary amides is 1. The third-order valence-electron chi connectivity index (χ3n) is 3.85. The van der Waals surface area contributed by atoms with Gasteiger partial charge in [-0.15, -0.1) is 0 Å². The third kappa shape index (κ3) is 3.30. The lowest BCUT2D eigenvalue weighted by Crippen LogP contribution is -2.42. The van der Waals surface area contributed by atoms with Crippen molar-refractivity contribution in [3.8, 4) is 0 Å². The van der Waals surface area contributed by atoms with Crippen LogP contribution in [0.5, 0.6) is 0 Å².